The number of piperazine rings is 1. The van der Waals surface area contributed by atoms with Crippen LogP contribution < -0.4 is 19.9 Å². The van der Waals surface area contributed by atoms with Crippen LogP contribution in [0.4, 0.5) is 5.69 Å². The second-order valence-corrected chi connectivity index (χ2v) is 6.38. The molecule has 0 radical (unpaired) electrons. The molecule has 5 nitrogen and oxygen atoms in total. The number of hydrogen-bond donors (Lipinski definition) is 2. The lowest BCUT2D eigenvalue weighted by Gasteiger charge is -2.33. The molecule has 1 fully saturated rings. The van der Waals surface area contributed by atoms with Crippen molar-refractivity contribution in [3.63, 3.8) is 0 Å². The van der Waals surface area contributed by atoms with Gasteiger partial charge in [-0.3, -0.25) is 4.79 Å². The predicted molar refractivity (Wildman–Crippen MR) is 99.1 cm³/mol. The summed E-state index contributed by atoms with van der Waals surface area (Å²) in [4.78, 5) is 15.9. The van der Waals surface area contributed by atoms with Gasteiger partial charge in [0.2, 0.25) is 0 Å². The fourth-order valence-electron chi connectivity index (χ4n) is 3.15. The molecule has 0 spiro atoms. The number of methoxy groups -OCH3 is 1. The second kappa shape index (κ2) is 8.53. The molecule has 5 heteroatoms. The van der Waals surface area contributed by atoms with Gasteiger partial charge in [0.1, 0.15) is 5.75 Å². The van der Waals surface area contributed by atoms with Gasteiger partial charge in [-0.1, -0.05) is 36.4 Å². The van der Waals surface area contributed by atoms with Crippen LogP contribution in [0, 0.1) is 0 Å². The average molecular weight is 340 g/mol. The van der Waals surface area contributed by atoms with Crippen molar-refractivity contribution >= 4 is 11.6 Å². The molecule has 0 saturated carbocycles. The molecule has 1 heterocycles. The number of ether oxygens (including phenoxy) is 1. The van der Waals surface area contributed by atoms with Crippen LogP contribution >= 0.6 is 0 Å². The number of hydrogen-bond acceptors (Lipinski definition) is 3. The summed E-state index contributed by atoms with van der Waals surface area (Å²) in [6.07, 6.45) is 0. The van der Waals surface area contributed by atoms with Crippen molar-refractivity contribution < 1.29 is 14.4 Å². The second-order valence-electron chi connectivity index (χ2n) is 6.38. The van der Waals surface area contributed by atoms with Crippen LogP contribution in [0.15, 0.2) is 54.6 Å². The minimum Gasteiger partial charge on any atom is -0.497 e. The smallest absolute Gasteiger partial charge is 0.275 e. The summed E-state index contributed by atoms with van der Waals surface area (Å²) in [5, 5.41) is 3.01. The Morgan fingerprint density at radius 2 is 1.88 bits per heavy atom. The van der Waals surface area contributed by atoms with E-state index >= 15 is 0 Å². The number of amides is 1. The average Bonchev–Trinajstić information content (AvgIpc) is 2.68. The summed E-state index contributed by atoms with van der Waals surface area (Å²) in [7, 11) is 1.69. The Morgan fingerprint density at radius 3 is 2.60 bits per heavy atom. The molecule has 0 aliphatic carbocycles. The lowest BCUT2D eigenvalue weighted by Crippen LogP contribution is -3.15. The molecule has 3 rings (SSSR count). The summed E-state index contributed by atoms with van der Waals surface area (Å²) >= 11 is 0. The molecule has 1 aliphatic heterocycles. The molecule has 0 bridgehead atoms. The maximum atomic E-state index is 12.2. The maximum absolute atomic E-state index is 12.2. The number of carbonyl (C=O) groups excluding carboxylic acids is 1. The fourth-order valence-corrected chi connectivity index (χ4v) is 3.15. The van der Waals surface area contributed by atoms with Crippen molar-refractivity contribution in [2.75, 3.05) is 44.7 Å². The number of quaternary nitrogens is 1. The first-order chi connectivity index (χ1) is 12.2. The molecule has 25 heavy (non-hydrogen) atoms. The molecule has 2 aromatic rings. The van der Waals surface area contributed by atoms with E-state index in [1.165, 1.54) is 10.6 Å². The predicted octanol–water partition coefficient (Wildman–Crippen LogP) is 0.717. The van der Waals surface area contributed by atoms with Crippen LogP contribution in [0.25, 0.3) is 0 Å². The number of anilines is 1. The van der Waals surface area contributed by atoms with Gasteiger partial charge in [0.25, 0.3) is 5.91 Å². The summed E-state index contributed by atoms with van der Waals surface area (Å²) in [5.41, 5.74) is 2.32. The van der Waals surface area contributed by atoms with Crippen molar-refractivity contribution in [3.8, 4) is 5.75 Å². The van der Waals surface area contributed by atoms with Crippen LogP contribution in [-0.4, -0.2) is 45.7 Å². The number of nitrogens with one attached hydrogen (secondary N) is 2. The van der Waals surface area contributed by atoms with Crippen LogP contribution in [0.1, 0.15) is 5.56 Å². The van der Waals surface area contributed by atoms with Gasteiger partial charge in [-0.2, -0.15) is 0 Å². The third-order valence-corrected chi connectivity index (χ3v) is 4.63. The normalized spacial score (nSPS) is 15.0. The SMILES string of the molecule is COc1cccc(N2CC[NH+](CC(=O)NCc3ccccc3)CC2)c1. The first kappa shape index (κ1) is 17.3. The summed E-state index contributed by atoms with van der Waals surface area (Å²) < 4.78 is 5.30. The molecule has 1 saturated heterocycles. The highest BCUT2D eigenvalue weighted by Gasteiger charge is 2.22. The summed E-state index contributed by atoms with van der Waals surface area (Å²) in [5.74, 6) is 1.00. The van der Waals surface area contributed by atoms with Gasteiger partial charge in [-0.15, -0.1) is 0 Å². The van der Waals surface area contributed by atoms with E-state index in [2.05, 4.69) is 22.3 Å². The van der Waals surface area contributed by atoms with E-state index in [-0.39, 0.29) is 5.91 Å². The van der Waals surface area contributed by atoms with E-state index in [0.29, 0.717) is 13.1 Å². The Bertz CT molecular complexity index is 682. The van der Waals surface area contributed by atoms with Gasteiger partial charge >= 0.3 is 0 Å². The Kier molecular flexibility index (Phi) is 5.90. The molecular weight excluding hydrogens is 314 g/mol. The van der Waals surface area contributed by atoms with Gasteiger partial charge in [0.15, 0.2) is 6.54 Å². The summed E-state index contributed by atoms with van der Waals surface area (Å²) in [6, 6.07) is 18.2. The zero-order chi connectivity index (χ0) is 17.5. The number of nitrogens with zero attached hydrogens (tertiary/aromatic N) is 1. The molecule has 2 aromatic carbocycles. The molecule has 0 unspecified atom stereocenters. The van der Waals surface area contributed by atoms with Crippen molar-refractivity contribution in [2.45, 2.75) is 6.54 Å². The molecule has 1 aliphatic rings. The van der Waals surface area contributed by atoms with Crippen molar-refractivity contribution in [1.82, 2.24) is 5.32 Å². The van der Waals surface area contributed by atoms with Crippen molar-refractivity contribution in [3.05, 3.63) is 60.2 Å². The van der Waals surface area contributed by atoms with Gasteiger partial charge in [0.05, 0.1) is 33.3 Å². The molecule has 1 amide bonds. The zero-order valence-electron chi connectivity index (χ0n) is 14.7. The quantitative estimate of drug-likeness (QED) is 0.814. The van der Waals surface area contributed by atoms with Gasteiger partial charge < -0.3 is 19.9 Å². The molecular formula is C20H26N3O2+. The lowest BCUT2D eigenvalue weighted by atomic mass is 10.2. The minimum absolute atomic E-state index is 0.119. The topological polar surface area (TPSA) is 46.0 Å². The third-order valence-electron chi connectivity index (χ3n) is 4.63. The van der Waals surface area contributed by atoms with Gasteiger partial charge in [-0.25, -0.2) is 0 Å². The zero-order valence-corrected chi connectivity index (χ0v) is 14.7. The van der Waals surface area contributed by atoms with E-state index in [1.54, 1.807) is 7.11 Å². The minimum atomic E-state index is 0.119. The van der Waals surface area contributed by atoms with Crippen molar-refractivity contribution in [2.24, 2.45) is 0 Å². The van der Waals surface area contributed by atoms with Crippen LogP contribution in [0.2, 0.25) is 0 Å². The van der Waals surface area contributed by atoms with Gasteiger partial charge in [0, 0.05) is 18.3 Å². The van der Waals surface area contributed by atoms with Crippen LogP contribution in [0.3, 0.4) is 0 Å². The molecule has 0 atom stereocenters. The van der Waals surface area contributed by atoms with Crippen LogP contribution in [-0.2, 0) is 11.3 Å². The number of benzene rings is 2. The maximum Gasteiger partial charge on any atom is 0.275 e. The largest absolute Gasteiger partial charge is 0.497 e. The van der Waals surface area contributed by atoms with E-state index in [4.69, 9.17) is 4.74 Å². The molecule has 132 valence electrons. The third kappa shape index (κ3) is 4.97. The van der Waals surface area contributed by atoms with E-state index in [1.807, 2.05) is 42.5 Å². The van der Waals surface area contributed by atoms with Crippen molar-refractivity contribution in [1.29, 1.82) is 0 Å². The highest BCUT2D eigenvalue weighted by atomic mass is 16.5. The standard InChI is InChI=1S/C20H25N3O2/c1-25-19-9-5-8-18(14-19)23-12-10-22(11-13-23)16-20(24)21-15-17-6-3-2-4-7-17/h2-9,14H,10-13,15-16H2,1H3,(H,21,24)/p+1. The Labute approximate surface area is 149 Å². The Morgan fingerprint density at radius 1 is 1.12 bits per heavy atom. The highest BCUT2D eigenvalue weighted by Crippen LogP contribution is 2.20. The summed E-state index contributed by atoms with van der Waals surface area (Å²) in [6.45, 7) is 4.98. The first-order valence-electron chi connectivity index (χ1n) is 8.78. The monoisotopic (exact) mass is 340 g/mol. The first-order valence-corrected chi connectivity index (χ1v) is 8.78. The Hall–Kier alpha value is -2.53. The fraction of sp³-hybridized carbons (Fsp3) is 0.350. The van der Waals surface area contributed by atoms with Gasteiger partial charge in [-0.05, 0) is 17.7 Å². The van der Waals surface area contributed by atoms with E-state index in [0.717, 1.165) is 37.5 Å². The highest BCUT2D eigenvalue weighted by molar-refractivity contribution is 5.76. The van der Waals surface area contributed by atoms with E-state index < -0.39 is 0 Å². The molecule has 2 N–H and O–H groups in total. The number of rotatable bonds is 6. The molecule has 0 aromatic heterocycles. The lowest BCUT2D eigenvalue weighted by molar-refractivity contribution is -0.892. The number of carbonyl (C=O) groups is 1. The van der Waals surface area contributed by atoms with Crippen LogP contribution in [0.5, 0.6) is 5.75 Å². The Balaban J connectivity index is 1.43. The van der Waals surface area contributed by atoms with E-state index in [9.17, 15) is 4.79 Å².